The fraction of sp³-hybridized carbons (Fsp3) is 0.833. The van der Waals surface area contributed by atoms with E-state index in [1.54, 1.807) is 6.92 Å². The summed E-state index contributed by atoms with van der Waals surface area (Å²) < 4.78 is 0. The highest BCUT2D eigenvalue weighted by molar-refractivity contribution is 5.81. The molecule has 94 valence electrons. The molecule has 0 saturated heterocycles. The molecule has 0 aromatic carbocycles. The van der Waals surface area contributed by atoms with Crippen molar-refractivity contribution in [2.24, 2.45) is 5.92 Å². The van der Waals surface area contributed by atoms with Gasteiger partial charge < -0.3 is 5.11 Å². The minimum Gasteiger partial charge on any atom is -0.481 e. The molecule has 0 fully saturated rings. The van der Waals surface area contributed by atoms with Gasteiger partial charge in [0.15, 0.2) is 0 Å². The molecule has 0 spiro atoms. The van der Waals surface area contributed by atoms with Crippen LogP contribution in [0.1, 0.15) is 40.5 Å². The number of hydrogen-bond acceptors (Lipinski definition) is 3. The minimum atomic E-state index is -0.815. The number of carbonyl (C=O) groups excluding carboxylic acids is 1. The van der Waals surface area contributed by atoms with E-state index in [0.29, 0.717) is 12.5 Å². The first-order valence-electron chi connectivity index (χ1n) is 5.81. The monoisotopic (exact) mass is 229 g/mol. The van der Waals surface area contributed by atoms with Crippen molar-refractivity contribution in [3.63, 3.8) is 0 Å². The van der Waals surface area contributed by atoms with Crippen LogP contribution < -0.4 is 0 Å². The summed E-state index contributed by atoms with van der Waals surface area (Å²) in [6, 6.07) is -0.182. The Morgan fingerprint density at radius 2 is 1.75 bits per heavy atom. The van der Waals surface area contributed by atoms with Gasteiger partial charge in [-0.15, -0.1) is 0 Å². The van der Waals surface area contributed by atoms with Crippen LogP contribution in [0, 0.1) is 5.92 Å². The van der Waals surface area contributed by atoms with Gasteiger partial charge in [0.25, 0.3) is 0 Å². The lowest BCUT2D eigenvalue weighted by Gasteiger charge is -2.27. The van der Waals surface area contributed by atoms with Crippen LogP contribution >= 0.6 is 0 Å². The minimum absolute atomic E-state index is 0.0918. The van der Waals surface area contributed by atoms with Crippen molar-refractivity contribution in [1.29, 1.82) is 0 Å². The molecule has 0 aromatic heterocycles. The number of aliphatic carboxylic acids is 1. The largest absolute Gasteiger partial charge is 0.481 e. The topological polar surface area (TPSA) is 57.6 Å². The second-order valence-corrected chi connectivity index (χ2v) is 4.65. The Labute approximate surface area is 97.6 Å². The van der Waals surface area contributed by atoms with Crippen LogP contribution in [0.2, 0.25) is 0 Å². The summed E-state index contributed by atoms with van der Waals surface area (Å²) in [6.07, 6.45) is 1.08. The van der Waals surface area contributed by atoms with Crippen LogP contribution in [-0.4, -0.2) is 40.9 Å². The van der Waals surface area contributed by atoms with Crippen molar-refractivity contribution in [2.45, 2.75) is 46.6 Å². The Morgan fingerprint density at radius 3 is 2.12 bits per heavy atom. The van der Waals surface area contributed by atoms with Crippen molar-refractivity contribution in [3.8, 4) is 0 Å². The number of carboxylic acid groups (broad SMARTS) is 1. The number of ketones is 1. The molecule has 1 unspecified atom stereocenters. The highest BCUT2D eigenvalue weighted by Crippen LogP contribution is 2.07. The van der Waals surface area contributed by atoms with Crippen molar-refractivity contribution in [2.75, 3.05) is 13.1 Å². The van der Waals surface area contributed by atoms with Gasteiger partial charge in [0.1, 0.15) is 5.78 Å². The van der Waals surface area contributed by atoms with Crippen molar-refractivity contribution in [3.05, 3.63) is 0 Å². The summed E-state index contributed by atoms with van der Waals surface area (Å²) in [7, 11) is 0. The molecule has 0 rings (SSSR count). The molecule has 1 N–H and O–H groups in total. The van der Waals surface area contributed by atoms with Gasteiger partial charge in [-0.3, -0.25) is 14.5 Å². The fourth-order valence-corrected chi connectivity index (χ4v) is 1.42. The third kappa shape index (κ3) is 6.56. The molecule has 1 atom stereocenters. The van der Waals surface area contributed by atoms with Gasteiger partial charge >= 0.3 is 5.97 Å². The first kappa shape index (κ1) is 15.1. The standard InChI is InChI=1S/C12H23NO3/c1-9(2)5-7-13(8-6-12(15)16)10(3)11(4)14/h9-10H,5-8H2,1-4H3,(H,15,16). The number of nitrogens with zero attached hydrogens (tertiary/aromatic N) is 1. The maximum Gasteiger partial charge on any atom is 0.304 e. The van der Waals surface area contributed by atoms with Crippen LogP contribution in [0.5, 0.6) is 0 Å². The van der Waals surface area contributed by atoms with E-state index in [9.17, 15) is 9.59 Å². The van der Waals surface area contributed by atoms with Crippen molar-refractivity contribution in [1.82, 2.24) is 4.90 Å². The third-order valence-corrected chi connectivity index (χ3v) is 2.74. The van der Waals surface area contributed by atoms with E-state index < -0.39 is 5.97 Å². The lowest BCUT2D eigenvalue weighted by molar-refractivity contribution is -0.138. The Morgan fingerprint density at radius 1 is 1.19 bits per heavy atom. The lowest BCUT2D eigenvalue weighted by atomic mass is 10.1. The Bertz CT molecular complexity index is 238. The first-order valence-corrected chi connectivity index (χ1v) is 5.81. The number of carboxylic acids is 1. The highest BCUT2D eigenvalue weighted by Gasteiger charge is 2.18. The quantitative estimate of drug-likeness (QED) is 0.689. The molecule has 16 heavy (non-hydrogen) atoms. The van der Waals surface area contributed by atoms with E-state index in [2.05, 4.69) is 13.8 Å². The van der Waals surface area contributed by atoms with Crippen LogP contribution in [0.15, 0.2) is 0 Å². The maximum absolute atomic E-state index is 11.3. The van der Waals surface area contributed by atoms with E-state index in [1.165, 1.54) is 0 Å². The maximum atomic E-state index is 11.3. The highest BCUT2D eigenvalue weighted by atomic mass is 16.4. The molecule has 4 heteroatoms. The molecule has 0 amide bonds. The number of Topliss-reactive ketones (excluding diaryl/α,β-unsaturated/α-hetero) is 1. The molecule has 0 bridgehead atoms. The molecule has 4 nitrogen and oxygen atoms in total. The van der Waals surface area contributed by atoms with E-state index in [-0.39, 0.29) is 18.2 Å². The van der Waals surface area contributed by atoms with Gasteiger partial charge in [0.05, 0.1) is 12.5 Å². The third-order valence-electron chi connectivity index (χ3n) is 2.74. The second kappa shape index (κ2) is 7.39. The van der Waals surface area contributed by atoms with Gasteiger partial charge in [0, 0.05) is 6.54 Å². The van der Waals surface area contributed by atoms with Crippen LogP contribution in [0.25, 0.3) is 0 Å². The summed E-state index contributed by atoms with van der Waals surface area (Å²) in [5, 5.41) is 8.65. The first-order chi connectivity index (χ1) is 7.34. The summed E-state index contributed by atoms with van der Waals surface area (Å²) in [4.78, 5) is 23.8. The normalized spacial score (nSPS) is 13.1. The zero-order valence-electron chi connectivity index (χ0n) is 10.7. The van der Waals surface area contributed by atoms with Crippen molar-refractivity contribution < 1.29 is 14.7 Å². The number of hydrogen-bond donors (Lipinski definition) is 1. The zero-order chi connectivity index (χ0) is 12.7. The summed E-state index contributed by atoms with van der Waals surface area (Å²) in [6.45, 7) is 8.86. The Balaban J connectivity index is 4.25. The van der Waals surface area contributed by atoms with Crippen molar-refractivity contribution >= 4 is 11.8 Å². The van der Waals surface area contributed by atoms with E-state index in [4.69, 9.17) is 5.11 Å². The number of carbonyl (C=O) groups is 2. The smallest absolute Gasteiger partial charge is 0.304 e. The van der Waals surface area contributed by atoms with Gasteiger partial charge in [-0.1, -0.05) is 13.8 Å². The number of rotatable bonds is 8. The summed E-state index contributed by atoms with van der Waals surface area (Å²) in [5.41, 5.74) is 0. The fourth-order valence-electron chi connectivity index (χ4n) is 1.42. The van der Waals surface area contributed by atoms with Gasteiger partial charge in [-0.05, 0) is 32.7 Å². The van der Waals surface area contributed by atoms with Crippen LogP contribution in [-0.2, 0) is 9.59 Å². The molecule has 0 aliphatic rings. The molecule has 0 aromatic rings. The average molecular weight is 229 g/mol. The zero-order valence-corrected chi connectivity index (χ0v) is 10.7. The Kier molecular flexibility index (Phi) is 6.97. The molecular weight excluding hydrogens is 206 g/mol. The summed E-state index contributed by atoms with van der Waals surface area (Å²) >= 11 is 0. The predicted octanol–water partition coefficient (Wildman–Crippen LogP) is 1.79. The molecule has 0 aliphatic carbocycles. The molecule has 0 heterocycles. The van der Waals surface area contributed by atoms with Gasteiger partial charge in [0.2, 0.25) is 0 Å². The van der Waals surface area contributed by atoms with E-state index in [1.807, 2.05) is 11.8 Å². The molecule has 0 radical (unpaired) electrons. The van der Waals surface area contributed by atoms with Crippen LogP contribution in [0.4, 0.5) is 0 Å². The Hall–Kier alpha value is -0.900. The van der Waals surface area contributed by atoms with Gasteiger partial charge in [-0.25, -0.2) is 0 Å². The SMILES string of the molecule is CC(=O)C(C)N(CCC(=O)O)CCC(C)C. The predicted molar refractivity (Wildman–Crippen MR) is 63.4 cm³/mol. The molecule has 0 aliphatic heterocycles. The molecule has 0 saturated carbocycles. The molecular formula is C12H23NO3. The average Bonchev–Trinajstić information content (AvgIpc) is 2.16. The second-order valence-electron chi connectivity index (χ2n) is 4.65. The van der Waals surface area contributed by atoms with E-state index >= 15 is 0 Å². The van der Waals surface area contributed by atoms with E-state index in [0.717, 1.165) is 13.0 Å². The lowest BCUT2D eigenvalue weighted by Crippen LogP contribution is -2.40. The summed E-state index contributed by atoms with van der Waals surface area (Å²) in [5.74, 6) is -0.161. The van der Waals surface area contributed by atoms with Gasteiger partial charge in [-0.2, -0.15) is 0 Å². The van der Waals surface area contributed by atoms with Crippen LogP contribution in [0.3, 0.4) is 0 Å².